The number of methoxy groups -OCH3 is 2. The highest BCUT2D eigenvalue weighted by molar-refractivity contribution is 6.13. The molecule has 9 heteroatoms. The van der Waals surface area contributed by atoms with Crippen molar-refractivity contribution in [3.05, 3.63) is 51.6 Å². The summed E-state index contributed by atoms with van der Waals surface area (Å²) < 4.78 is 10.4. The van der Waals surface area contributed by atoms with Crippen LogP contribution in [0.2, 0.25) is 0 Å². The van der Waals surface area contributed by atoms with Crippen LogP contribution in [0.5, 0.6) is 17.2 Å². The van der Waals surface area contributed by atoms with E-state index in [9.17, 15) is 25.1 Å². The number of hydrogen-bond acceptors (Lipinski definition) is 7. The van der Waals surface area contributed by atoms with Crippen LogP contribution in [0.15, 0.2) is 30.3 Å². The number of aromatic hydroxyl groups is 1. The number of non-ortho nitro benzene ring substituents is 1. The molecule has 1 amide bonds. The van der Waals surface area contributed by atoms with E-state index in [4.69, 9.17) is 9.47 Å². The zero-order valence-corrected chi connectivity index (χ0v) is 13.3. The molecule has 130 valence electrons. The van der Waals surface area contributed by atoms with Gasteiger partial charge < -0.3 is 19.7 Å². The number of aliphatic hydroxyl groups is 1. The van der Waals surface area contributed by atoms with Crippen LogP contribution in [-0.4, -0.2) is 35.3 Å². The molecular formula is C16H14N2O7. The van der Waals surface area contributed by atoms with E-state index >= 15 is 0 Å². The number of fused-ring (bicyclic) bond motifs is 1. The van der Waals surface area contributed by atoms with E-state index in [0.717, 1.165) is 23.1 Å². The lowest BCUT2D eigenvalue weighted by Crippen LogP contribution is -2.27. The number of benzene rings is 2. The number of phenols is 1. The molecule has 0 aliphatic carbocycles. The molecule has 1 aliphatic rings. The van der Waals surface area contributed by atoms with Crippen LogP contribution in [0.25, 0.3) is 0 Å². The zero-order chi connectivity index (χ0) is 18.3. The molecular weight excluding hydrogens is 332 g/mol. The number of ether oxygens (including phenoxy) is 2. The van der Waals surface area contributed by atoms with Gasteiger partial charge in [-0.3, -0.25) is 19.8 Å². The Labute approximate surface area is 141 Å². The molecule has 25 heavy (non-hydrogen) atoms. The summed E-state index contributed by atoms with van der Waals surface area (Å²) in [7, 11) is 2.76. The van der Waals surface area contributed by atoms with E-state index in [0.29, 0.717) is 5.75 Å². The van der Waals surface area contributed by atoms with Gasteiger partial charge in [-0.1, -0.05) is 0 Å². The summed E-state index contributed by atoms with van der Waals surface area (Å²) in [6, 6.07) is 6.24. The summed E-state index contributed by atoms with van der Waals surface area (Å²) in [5.74, 6) is -0.617. The number of nitro benzene ring substituents is 1. The van der Waals surface area contributed by atoms with E-state index < -0.39 is 17.1 Å². The van der Waals surface area contributed by atoms with Crippen LogP contribution < -0.4 is 14.4 Å². The third-order valence-corrected chi connectivity index (χ3v) is 3.96. The van der Waals surface area contributed by atoms with Crippen LogP contribution in [0.3, 0.4) is 0 Å². The first-order valence-corrected chi connectivity index (χ1v) is 7.14. The summed E-state index contributed by atoms with van der Waals surface area (Å²) in [6.45, 7) is 0. The maximum absolute atomic E-state index is 12.8. The van der Waals surface area contributed by atoms with Crippen LogP contribution in [0.4, 0.5) is 11.4 Å². The largest absolute Gasteiger partial charge is 0.506 e. The summed E-state index contributed by atoms with van der Waals surface area (Å²) in [4.78, 5) is 24.0. The van der Waals surface area contributed by atoms with E-state index in [1.807, 2.05) is 0 Å². The molecule has 0 aromatic heterocycles. The number of aliphatic hydroxyl groups excluding tert-OH is 1. The Hall–Kier alpha value is -3.33. The summed E-state index contributed by atoms with van der Waals surface area (Å²) in [5, 5.41) is 31.5. The normalized spacial score (nSPS) is 15.9. The van der Waals surface area contributed by atoms with Gasteiger partial charge in [0, 0.05) is 17.7 Å². The number of hydrogen-bond donors (Lipinski definition) is 2. The van der Waals surface area contributed by atoms with Gasteiger partial charge in [-0.15, -0.1) is 0 Å². The minimum atomic E-state index is -1.43. The van der Waals surface area contributed by atoms with E-state index in [-0.39, 0.29) is 34.0 Å². The van der Waals surface area contributed by atoms with Gasteiger partial charge in [-0.2, -0.15) is 0 Å². The van der Waals surface area contributed by atoms with Crippen molar-refractivity contribution in [1.29, 1.82) is 0 Å². The van der Waals surface area contributed by atoms with Crippen LogP contribution >= 0.6 is 0 Å². The molecule has 1 aliphatic heterocycles. The highest BCUT2D eigenvalue weighted by Gasteiger charge is 2.41. The van der Waals surface area contributed by atoms with Gasteiger partial charge in [-0.25, -0.2) is 0 Å². The monoisotopic (exact) mass is 346 g/mol. The maximum Gasteiger partial charge on any atom is 0.271 e. The van der Waals surface area contributed by atoms with E-state index in [1.54, 1.807) is 0 Å². The third kappa shape index (κ3) is 2.41. The Bertz CT molecular complexity index is 881. The highest BCUT2D eigenvalue weighted by atomic mass is 16.6. The van der Waals surface area contributed by atoms with Crippen molar-refractivity contribution >= 4 is 17.3 Å². The van der Waals surface area contributed by atoms with Gasteiger partial charge >= 0.3 is 0 Å². The van der Waals surface area contributed by atoms with Gasteiger partial charge in [0.1, 0.15) is 5.75 Å². The number of rotatable bonds is 4. The molecule has 1 heterocycles. The van der Waals surface area contributed by atoms with Crippen molar-refractivity contribution in [3.63, 3.8) is 0 Å². The molecule has 2 N–H and O–H groups in total. The van der Waals surface area contributed by atoms with Gasteiger partial charge in [-0.05, 0) is 18.2 Å². The van der Waals surface area contributed by atoms with E-state index in [1.165, 1.54) is 26.4 Å². The van der Waals surface area contributed by atoms with Crippen molar-refractivity contribution < 1.29 is 29.4 Å². The standard InChI is InChI=1S/C16H14N2O7/c1-24-12-6-4-9-13(14(12)25-2)16(21)17(15(9)20)10-7-8(18(22)23)3-5-11(10)19/h3-7,15,19-20H,1-2H3/t15-/m1/s1. The Morgan fingerprint density at radius 2 is 1.92 bits per heavy atom. The lowest BCUT2D eigenvalue weighted by Gasteiger charge is -2.21. The molecule has 3 rings (SSSR count). The number of nitrogens with zero attached hydrogens (tertiary/aromatic N) is 2. The SMILES string of the molecule is COc1ccc2c(c1OC)C(=O)N(c1cc([N+](=O)[O-])ccc1O)[C@@H]2O. The second kappa shape index (κ2) is 5.95. The fourth-order valence-electron chi connectivity index (χ4n) is 2.81. The second-order valence-electron chi connectivity index (χ2n) is 5.24. The minimum Gasteiger partial charge on any atom is -0.506 e. The minimum absolute atomic E-state index is 0.0697. The Kier molecular flexibility index (Phi) is 3.93. The summed E-state index contributed by atoms with van der Waals surface area (Å²) >= 11 is 0. The first-order valence-electron chi connectivity index (χ1n) is 7.14. The number of phenolic OH excluding ortho intramolecular Hbond substituents is 1. The molecule has 0 spiro atoms. The molecule has 0 saturated heterocycles. The van der Waals surface area contributed by atoms with Crippen molar-refractivity contribution in [2.45, 2.75) is 6.23 Å². The van der Waals surface area contributed by atoms with Gasteiger partial charge in [0.05, 0.1) is 30.4 Å². The third-order valence-electron chi connectivity index (χ3n) is 3.96. The number of carbonyl (C=O) groups excluding carboxylic acids is 1. The maximum atomic E-state index is 12.8. The van der Waals surface area contributed by atoms with Crippen molar-refractivity contribution in [1.82, 2.24) is 0 Å². The molecule has 0 saturated carbocycles. The molecule has 0 fully saturated rings. The van der Waals surface area contributed by atoms with Crippen LogP contribution in [-0.2, 0) is 0 Å². The fraction of sp³-hybridized carbons (Fsp3) is 0.188. The van der Waals surface area contributed by atoms with Gasteiger partial charge in [0.15, 0.2) is 17.7 Å². The number of anilines is 1. The van der Waals surface area contributed by atoms with Gasteiger partial charge in [0.25, 0.3) is 11.6 Å². The predicted molar refractivity (Wildman–Crippen MR) is 86.1 cm³/mol. The average molecular weight is 346 g/mol. The number of carbonyl (C=O) groups is 1. The molecule has 2 aromatic rings. The van der Waals surface area contributed by atoms with Crippen molar-refractivity contribution in [2.75, 3.05) is 19.1 Å². The Morgan fingerprint density at radius 1 is 1.20 bits per heavy atom. The quantitative estimate of drug-likeness (QED) is 0.641. The molecule has 2 aromatic carbocycles. The molecule has 0 unspecified atom stereocenters. The predicted octanol–water partition coefficient (Wildman–Crippen LogP) is 1.97. The molecule has 9 nitrogen and oxygen atoms in total. The summed E-state index contributed by atoms with van der Waals surface area (Å²) in [6.07, 6.45) is -1.43. The topological polar surface area (TPSA) is 122 Å². The number of nitro groups is 1. The first-order chi connectivity index (χ1) is 11.9. The Morgan fingerprint density at radius 3 is 2.52 bits per heavy atom. The van der Waals surface area contributed by atoms with Crippen LogP contribution in [0.1, 0.15) is 22.1 Å². The van der Waals surface area contributed by atoms with E-state index in [2.05, 4.69) is 0 Å². The Balaban J connectivity index is 2.17. The number of amides is 1. The average Bonchev–Trinajstić information content (AvgIpc) is 2.85. The molecule has 0 bridgehead atoms. The van der Waals surface area contributed by atoms with Crippen LogP contribution in [0, 0.1) is 10.1 Å². The van der Waals surface area contributed by atoms with Crippen molar-refractivity contribution in [2.24, 2.45) is 0 Å². The lowest BCUT2D eigenvalue weighted by atomic mass is 10.1. The smallest absolute Gasteiger partial charge is 0.271 e. The molecule has 1 atom stereocenters. The lowest BCUT2D eigenvalue weighted by molar-refractivity contribution is -0.384. The fourth-order valence-corrected chi connectivity index (χ4v) is 2.81. The molecule has 0 radical (unpaired) electrons. The van der Waals surface area contributed by atoms with Gasteiger partial charge in [0.2, 0.25) is 0 Å². The first kappa shape index (κ1) is 16.5. The highest BCUT2D eigenvalue weighted by Crippen LogP contribution is 2.46. The second-order valence-corrected chi connectivity index (χ2v) is 5.24. The summed E-state index contributed by atoms with van der Waals surface area (Å²) in [5.41, 5.74) is -0.189. The van der Waals surface area contributed by atoms with Crippen molar-refractivity contribution in [3.8, 4) is 17.2 Å². The zero-order valence-electron chi connectivity index (χ0n) is 13.3.